The number of thiazole rings is 1. The molecule has 0 saturated heterocycles. The number of non-ortho nitro benzene ring substituents is 1. The van der Waals surface area contributed by atoms with Crippen LogP contribution in [0.5, 0.6) is 0 Å². The van der Waals surface area contributed by atoms with Gasteiger partial charge in [-0.1, -0.05) is 12.1 Å². The van der Waals surface area contributed by atoms with Crippen molar-refractivity contribution in [3.05, 3.63) is 68.7 Å². The summed E-state index contributed by atoms with van der Waals surface area (Å²) in [5.41, 5.74) is 1.72. The Labute approximate surface area is 141 Å². The largest absolute Gasteiger partial charge is 0.463 e. The lowest BCUT2D eigenvalue weighted by Gasteiger charge is -2.05. The van der Waals surface area contributed by atoms with Crippen molar-refractivity contribution in [3.63, 3.8) is 0 Å². The van der Waals surface area contributed by atoms with Crippen molar-refractivity contribution in [1.29, 1.82) is 0 Å². The quantitative estimate of drug-likeness (QED) is 0.403. The number of hydrogen-bond acceptors (Lipinski definition) is 6. The van der Waals surface area contributed by atoms with E-state index in [1.54, 1.807) is 30.5 Å². The fraction of sp³-hybridized carbons (Fsp3) is 0.125. The van der Waals surface area contributed by atoms with E-state index in [9.17, 15) is 10.1 Å². The molecule has 0 N–H and O–H groups in total. The molecule has 8 heteroatoms. The van der Waals surface area contributed by atoms with Gasteiger partial charge in [-0.25, -0.2) is 0 Å². The monoisotopic (exact) mass is 342 g/mol. The zero-order valence-electron chi connectivity index (χ0n) is 12.8. The van der Waals surface area contributed by atoms with Gasteiger partial charge in [-0.3, -0.25) is 10.1 Å². The number of aromatic nitrogens is 1. The average Bonchev–Trinajstić information content (AvgIpc) is 3.24. The SMILES string of the molecule is CCn1c(-c2cccc([N+](=O)[O-])c2)cs/c1=N\N=C/c1ccco1. The molecule has 0 aliphatic heterocycles. The molecule has 2 heterocycles. The third-order valence-electron chi connectivity index (χ3n) is 3.34. The molecule has 0 aliphatic carbocycles. The van der Waals surface area contributed by atoms with E-state index in [0.717, 1.165) is 11.3 Å². The van der Waals surface area contributed by atoms with E-state index < -0.39 is 4.92 Å². The molecule has 0 amide bonds. The molecule has 0 fully saturated rings. The topological polar surface area (TPSA) is 85.9 Å². The van der Waals surface area contributed by atoms with Gasteiger partial charge in [0.25, 0.3) is 5.69 Å². The van der Waals surface area contributed by atoms with Crippen molar-refractivity contribution in [2.75, 3.05) is 0 Å². The average molecular weight is 342 g/mol. The Bertz CT molecular complexity index is 938. The molecule has 2 aromatic heterocycles. The van der Waals surface area contributed by atoms with Gasteiger partial charge in [0.1, 0.15) is 5.76 Å². The van der Waals surface area contributed by atoms with Crippen LogP contribution in [0.4, 0.5) is 5.69 Å². The van der Waals surface area contributed by atoms with Crippen molar-refractivity contribution in [2.24, 2.45) is 10.2 Å². The van der Waals surface area contributed by atoms with Crippen LogP contribution >= 0.6 is 11.3 Å². The van der Waals surface area contributed by atoms with Crippen molar-refractivity contribution in [3.8, 4) is 11.3 Å². The maximum absolute atomic E-state index is 11.0. The summed E-state index contributed by atoms with van der Waals surface area (Å²) < 4.78 is 7.12. The summed E-state index contributed by atoms with van der Waals surface area (Å²) in [5.74, 6) is 0.622. The summed E-state index contributed by atoms with van der Waals surface area (Å²) in [6.45, 7) is 2.67. The second kappa shape index (κ2) is 7.05. The summed E-state index contributed by atoms with van der Waals surface area (Å²) in [5, 5.41) is 21.1. The van der Waals surface area contributed by atoms with Crippen molar-refractivity contribution >= 4 is 23.2 Å². The minimum atomic E-state index is -0.398. The minimum absolute atomic E-state index is 0.0654. The Morgan fingerprint density at radius 3 is 2.96 bits per heavy atom. The fourth-order valence-corrected chi connectivity index (χ4v) is 3.15. The number of furan rings is 1. The Morgan fingerprint density at radius 2 is 2.25 bits per heavy atom. The van der Waals surface area contributed by atoms with E-state index in [2.05, 4.69) is 10.2 Å². The molecule has 3 rings (SSSR count). The third kappa shape index (κ3) is 3.33. The van der Waals surface area contributed by atoms with Crippen LogP contribution < -0.4 is 4.80 Å². The molecule has 0 spiro atoms. The number of rotatable bonds is 5. The second-order valence-corrected chi connectivity index (χ2v) is 5.65. The lowest BCUT2D eigenvalue weighted by Crippen LogP contribution is -2.14. The van der Waals surface area contributed by atoms with E-state index in [1.807, 2.05) is 22.9 Å². The van der Waals surface area contributed by atoms with Crippen molar-refractivity contribution < 1.29 is 9.34 Å². The first kappa shape index (κ1) is 15.9. The van der Waals surface area contributed by atoms with Crippen LogP contribution in [0.1, 0.15) is 12.7 Å². The highest BCUT2D eigenvalue weighted by Crippen LogP contribution is 2.24. The van der Waals surface area contributed by atoms with Crippen LogP contribution in [0.3, 0.4) is 0 Å². The standard InChI is InChI=1S/C16H14N4O3S/c1-2-19-15(12-5-3-6-13(9-12)20(21)22)11-24-16(19)18-17-10-14-7-4-8-23-14/h3-11H,2H2,1H3/b17-10-,18-16-. The Balaban J connectivity index is 1.98. The van der Waals surface area contributed by atoms with Crippen molar-refractivity contribution in [2.45, 2.75) is 13.5 Å². The van der Waals surface area contributed by atoms with Gasteiger partial charge in [0.2, 0.25) is 4.80 Å². The summed E-state index contributed by atoms with van der Waals surface area (Å²) >= 11 is 1.43. The fourth-order valence-electron chi connectivity index (χ4n) is 2.22. The van der Waals surface area contributed by atoms with Gasteiger partial charge in [-0.15, -0.1) is 16.4 Å². The maximum atomic E-state index is 11.0. The molecular formula is C16H14N4O3S. The molecule has 1 aromatic carbocycles. The van der Waals surface area contributed by atoms with Gasteiger partial charge in [0.15, 0.2) is 0 Å². The molecular weight excluding hydrogens is 328 g/mol. The van der Waals surface area contributed by atoms with E-state index in [0.29, 0.717) is 17.1 Å². The second-order valence-electron chi connectivity index (χ2n) is 4.82. The van der Waals surface area contributed by atoms with E-state index in [4.69, 9.17) is 4.42 Å². The predicted octanol–water partition coefficient (Wildman–Crippen LogP) is 3.67. The Hall–Kier alpha value is -3.00. The summed E-state index contributed by atoms with van der Waals surface area (Å²) in [6.07, 6.45) is 3.10. The van der Waals surface area contributed by atoms with Crippen LogP contribution in [0.15, 0.2) is 62.7 Å². The first-order valence-electron chi connectivity index (χ1n) is 7.22. The Kier molecular flexibility index (Phi) is 4.66. The molecule has 0 aliphatic rings. The molecule has 24 heavy (non-hydrogen) atoms. The third-order valence-corrected chi connectivity index (χ3v) is 4.19. The highest BCUT2D eigenvalue weighted by Gasteiger charge is 2.11. The van der Waals surface area contributed by atoms with E-state index >= 15 is 0 Å². The van der Waals surface area contributed by atoms with Crippen LogP contribution in [-0.4, -0.2) is 15.7 Å². The molecule has 122 valence electrons. The predicted molar refractivity (Wildman–Crippen MR) is 91.9 cm³/mol. The number of nitrogens with zero attached hydrogens (tertiary/aromatic N) is 4. The van der Waals surface area contributed by atoms with Crippen LogP contribution in [0, 0.1) is 10.1 Å². The highest BCUT2D eigenvalue weighted by molar-refractivity contribution is 7.07. The molecule has 0 saturated carbocycles. The smallest absolute Gasteiger partial charge is 0.270 e. The molecule has 0 radical (unpaired) electrons. The number of benzene rings is 1. The zero-order valence-corrected chi connectivity index (χ0v) is 13.6. The molecule has 0 unspecified atom stereocenters. The van der Waals surface area contributed by atoms with Gasteiger partial charge in [-0.2, -0.15) is 5.10 Å². The van der Waals surface area contributed by atoms with Gasteiger partial charge in [0, 0.05) is 29.6 Å². The van der Waals surface area contributed by atoms with Gasteiger partial charge >= 0.3 is 0 Å². The maximum Gasteiger partial charge on any atom is 0.270 e. The Morgan fingerprint density at radius 1 is 1.38 bits per heavy atom. The van der Waals surface area contributed by atoms with Crippen LogP contribution in [0.2, 0.25) is 0 Å². The van der Waals surface area contributed by atoms with Gasteiger partial charge in [0.05, 0.1) is 23.1 Å². The lowest BCUT2D eigenvalue weighted by molar-refractivity contribution is -0.384. The summed E-state index contributed by atoms with van der Waals surface area (Å²) in [7, 11) is 0. The molecule has 3 aromatic rings. The first-order valence-corrected chi connectivity index (χ1v) is 8.10. The summed E-state index contributed by atoms with van der Waals surface area (Å²) in [4.78, 5) is 11.3. The number of nitro groups is 1. The van der Waals surface area contributed by atoms with Crippen LogP contribution in [0.25, 0.3) is 11.3 Å². The molecule has 0 bridgehead atoms. The number of nitro benzene ring substituents is 1. The normalized spacial score (nSPS) is 12.1. The lowest BCUT2D eigenvalue weighted by atomic mass is 10.1. The molecule has 0 atom stereocenters. The zero-order chi connectivity index (χ0) is 16.9. The van der Waals surface area contributed by atoms with Crippen LogP contribution in [-0.2, 0) is 6.54 Å². The first-order chi connectivity index (χ1) is 11.7. The number of hydrogen-bond donors (Lipinski definition) is 0. The minimum Gasteiger partial charge on any atom is -0.463 e. The van der Waals surface area contributed by atoms with Crippen molar-refractivity contribution in [1.82, 2.24) is 4.57 Å². The van der Waals surface area contributed by atoms with E-state index in [1.165, 1.54) is 23.6 Å². The van der Waals surface area contributed by atoms with Gasteiger partial charge < -0.3 is 8.98 Å². The van der Waals surface area contributed by atoms with E-state index in [-0.39, 0.29) is 5.69 Å². The highest BCUT2D eigenvalue weighted by atomic mass is 32.1. The molecule has 7 nitrogen and oxygen atoms in total. The van der Waals surface area contributed by atoms with Gasteiger partial charge in [-0.05, 0) is 19.1 Å². The summed E-state index contributed by atoms with van der Waals surface area (Å²) in [6, 6.07) is 10.1.